The van der Waals surface area contributed by atoms with Gasteiger partial charge in [0.25, 0.3) is 0 Å². The third-order valence-electron chi connectivity index (χ3n) is 3.78. The molecule has 1 aliphatic heterocycles. The molecule has 0 saturated carbocycles. The van der Waals surface area contributed by atoms with Crippen molar-refractivity contribution in [3.63, 3.8) is 0 Å². The normalized spacial score (nSPS) is 17.1. The molecule has 2 rings (SSSR count). The third-order valence-corrected chi connectivity index (χ3v) is 3.78. The summed E-state index contributed by atoms with van der Waals surface area (Å²) in [5.41, 5.74) is 1.19. The summed E-state index contributed by atoms with van der Waals surface area (Å²) in [6, 6.07) is 10.4. The molecule has 0 bridgehead atoms. The minimum absolute atomic E-state index is 0.0960. The maximum atomic E-state index is 12.0. The number of hydrogen-bond acceptors (Lipinski definition) is 3. The summed E-state index contributed by atoms with van der Waals surface area (Å²) in [7, 11) is 1.87. The number of nitrogens with zero attached hydrogens (tertiary/aromatic N) is 1. The molecule has 0 aromatic heterocycles. The fraction of sp³-hybridized carbons (Fsp3) is 0.562. The lowest BCUT2D eigenvalue weighted by atomic mass is 10.1. The Morgan fingerprint density at radius 2 is 1.95 bits per heavy atom. The molecule has 110 valence electrons. The maximum absolute atomic E-state index is 12.0. The maximum Gasteiger partial charge on any atom is 0.221 e. The van der Waals surface area contributed by atoms with Crippen molar-refractivity contribution in [3.05, 3.63) is 35.9 Å². The van der Waals surface area contributed by atoms with E-state index in [4.69, 9.17) is 0 Å². The van der Waals surface area contributed by atoms with Crippen molar-refractivity contribution < 1.29 is 4.79 Å². The summed E-state index contributed by atoms with van der Waals surface area (Å²) in [5.74, 6) is 0.118. The van der Waals surface area contributed by atoms with E-state index in [0.29, 0.717) is 6.42 Å². The van der Waals surface area contributed by atoms with Crippen molar-refractivity contribution in [3.8, 4) is 0 Å². The Labute approximate surface area is 121 Å². The molecular weight excluding hydrogens is 250 g/mol. The minimum atomic E-state index is 0.0960. The molecule has 1 amide bonds. The Bertz CT molecular complexity index is 401. The summed E-state index contributed by atoms with van der Waals surface area (Å²) in [6.07, 6.45) is 3.07. The van der Waals surface area contributed by atoms with E-state index in [-0.39, 0.29) is 11.9 Å². The van der Waals surface area contributed by atoms with Crippen LogP contribution in [0, 0.1) is 0 Å². The van der Waals surface area contributed by atoms with Gasteiger partial charge >= 0.3 is 0 Å². The van der Waals surface area contributed by atoms with Crippen LogP contribution in [0.15, 0.2) is 30.3 Å². The highest BCUT2D eigenvalue weighted by Crippen LogP contribution is 2.17. The average molecular weight is 275 g/mol. The van der Waals surface area contributed by atoms with Crippen LogP contribution in [0.2, 0.25) is 0 Å². The quantitative estimate of drug-likeness (QED) is 0.793. The number of amides is 1. The highest BCUT2D eigenvalue weighted by atomic mass is 16.1. The van der Waals surface area contributed by atoms with Gasteiger partial charge < -0.3 is 15.5 Å². The third kappa shape index (κ3) is 4.62. The number of nitrogens with one attached hydrogen (secondary N) is 2. The standard InChI is InChI=1S/C16H25N3O/c1-17-10-9-16(20)18-15(13-19-11-5-6-12-19)14-7-3-2-4-8-14/h2-4,7-8,15,17H,5-6,9-13H2,1H3,(H,18,20). The molecule has 1 aromatic carbocycles. The van der Waals surface area contributed by atoms with E-state index in [9.17, 15) is 4.79 Å². The second kappa shape index (κ2) is 8.02. The fourth-order valence-corrected chi connectivity index (χ4v) is 2.65. The number of carbonyl (C=O) groups excluding carboxylic acids is 1. The molecule has 4 nitrogen and oxygen atoms in total. The van der Waals surface area contributed by atoms with Crippen molar-refractivity contribution >= 4 is 5.91 Å². The van der Waals surface area contributed by atoms with E-state index < -0.39 is 0 Å². The average Bonchev–Trinajstić information content (AvgIpc) is 2.98. The first-order valence-corrected chi connectivity index (χ1v) is 7.51. The summed E-state index contributed by atoms with van der Waals surface area (Å²) in [4.78, 5) is 14.4. The van der Waals surface area contributed by atoms with Gasteiger partial charge in [-0.1, -0.05) is 30.3 Å². The van der Waals surface area contributed by atoms with E-state index in [1.54, 1.807) is 0 Å². The first kappa shape index (κ1) is 15.0. The van der Waals surface area contributed by atoms with Crippen LogP contribution in [0.25, 0.3) is 0 Å². The molecule has 0 radical (unpaired) electrons. The number of benzene rings is 1. The Morgan fingerprint density at radius 1 is 1.25 bits per heavy atom. The van der Waals surface area contributed by atoms with Crippen molar-refractivity contribution in [2.75, 3.05) is 33.2 Å². The molecule has 1 aromatic rings. The number of carbonyl (C=O) groups is 1. The lowest BCUT2D eigenvalue weighted by Gasteiger charge is -2.25. The SMILES string of the molecule is CNCCC(=O)NC(CN1CCCC1)c1ccccc1. The smallest absolute Gasteiger partial charge is 0.221 e. The lowest BCUT2D eigenvalue weighted by molar-refractivity contribution is -0.121. The molecule has 2 N–H and O–H groups in total. The molecule has 20 heavy (non-hydrogen) atoms. The predicted molar refractivity (Wildman–Crippen MR) is 81.5 cm³/mol. The van der Waals surface area contributed by atoms with Crippen LogP contribution in [0.1, 0.15) is 30.9 Å². The van der Waals surface area contributed by atoms with Gasteiger partial charge in [-0.05, 0) is 38.5 Å². The summed E-state index contributed by atoms with van der Waals surface area (Å²) in [6.45, 7) is 3.93. The number of hydrogen-bond donors (Lipinski definition) is 2. The molecule has 0 spiro atoms. The van der Waals surface area contributed by atoms with Gasteiger partial charge in [0.15, 0.2) is 0 Å². The van der Waals surface area contributed by atoms with E-state index in [0.717, 1.165) is 26.2 Å². The highest BCUT2D eigenvalue weighted by molar-refractivity contribution is 5.76. The van der Waals surface area contributed by atoms with Crippen LogP contribution < -0.4 is 10.6 Å². The van der Waals surface area contributed by atoms with Crippen LogP contribution >= 0.6 is 0 Å². The van der Waals surface area contributed by atoms with Crippen LogP contribution in [0.4, 0.5) is 0 Å². The number of likely N-dealkylation sites (tertiary alicyclic amines) is 1. The molecule has 1 fully saturated rings. The lowest BCUT2D eigenvalue weighted by Crippen LogP contribution is -2.37. The first-order chi connectivity index (χ1) is 9.79. The summed E-state index contributed by atoms with van der Waals surface area (Å²) >= 11 is 0. The Kier molecular flexibility index (Phi) is 6.02. The Balaban J connectivity index is 1.97. The molecule has 1 heterocycles. The zero-order chi connectivity index (χ0) is 14.2. The van der Waals surface area contributed by atoms with Crippen LogP contribution in [-0.2, 0) is 4.79 Å². The molecule has 1 atom stereocenters. The van der Waals surface area contributed by atoms with Gasteiger partial charge in [-0.2, -0.15) is 0 Å². The first-order valence-electron chi connectivity index (χ1n) is 7.51. The van der Waals surface area contributed by atoms with E-state index >= 15 is 0 Å². The molecule has 1 unspecified atom stereocenters. The number of rotatable bonds is 7. The van der Waals surface area contributed by atoms with Gasteiger partial charge in [0, 0.05) is 19.5 Å². The molecule has 1 aliphatic rings. The van der Waals surface area contributed by atoms with Gasteiger partial charge in [0.05, 0.1) is 6.04 Å². The van der Waals surface area contributed by atoms with Crippen molar-refractivity contribution in [2.45, 2.75) is 25.3 Å². The van der Waals surface area contributed by atoms with Gasteiger partial charge in [-0.25, -0.2) is 0 Å². The van der Waals surface area contributed by atoms with Crippen LogP contribution in [0.5, 0.6) is 0 Å². The van der Waals surface area contributed by atoms with Gasteiger partial charge in [0.2, 0.25) is 5.91 Å². The molecule has 4 heteroatoms. The predicted octanol–water partition coefficient (Wildman–Crippen LogP) is 1.55. The largest absolute Gasteiger partial charge is 0.348 e. The molecule has 1 saturated heterocycles. The van der Waals surface area contributed by atoms with Crippen molar-refractivity contribution in [1.82, 2.24) is 15.5 Å². The van der Waals surface area contributed by atoms with Gasteiger partial charge in [-0.3, -0.25) is 4.79 Å². The fourth-order valence-electron chi connectivity index (χ4n) is 2.65. The van der Waals surface area contributed by atoms with Crippen LogP contribution in [-0.4, -0.2) is 44.0 Å². The summed E-state index contributed by atoms with van der Waals surface area (Å²) in [5, 5.41) is 6.19. The van der Waals surface area contributed by atoms with Gasteiger partial charge in [0.1, 0.15) is 0 Å². The minimum Gasteiger partial charge on any atom is -0.348 e. The van der Waals surface area contributed by atoms with E-state index in [1.165, 1.54) is 18.4 Å². The second-order valence-corrected chi connectivity index (χ2v) is 5.39. The van der Waals surface area contributed by atoms with Crippen molar-refractivity contribution in [2.24, 2.45) is 0 Å². The zero-order valence-corrected chi connectivity index (χ0v) is 12.3. The highest BCUT2D eigenvalue weighted by Gasteiger charge is 2.20. The Hall–Kier alpha value is -1.39. The second-order valence-electron chi connectivity index (χ2n) is 5.39. The topological polar surface area (TPSA) is 44.4 Å². The zero-order valence-electron chi connectivity index (χ0n) is 12.3. The van der Waals surface area contributed by atoms with E-state index in [1.807, 2.05) is 25.2 Å². The monoisotopic (exact) mass is 275 g/mol. The van der Waals surface area contributed by atoms with Gasteiger partial charge in [-0.15, -0.1) is 0 Å². The molecule has 0 aliphatic carbocycles. The Morgan fingerprint density at radius 3 is 2.60 bits per heavy atom. The summed E-state index contributed by atoms with van der Waals surface area (Å²) < 4.78 is 0. The van der Waals surface area contributed by atoms with Crippen molar-refractivity contribution in [1.29, 1.82) is 0 Å². The van der Waals surface area contributed by atoms with E-state index in [2.05, 4.69) is 27.7 Å². The molecular formula is C16H25N3O. The van der Waals surface area contributed by atoms with Crippen LogP contribution in [0.3, 0.4) is 0 Å².